The van der Waals surface area contributed by atoms with E-state index < -0.39 is 68.7 Å². The fraction of sp³-hybridized carbons (Fsp3) is 0.500. The molecule has 7 heterocycles. The molecule has 4 aromatic heterocycles. The molecule has 0 aliphatic carbocycles. The number of imidazole rings is 2. The van der Waals surface area contributed by atoms with E-state index in [1.165, 1.54) is 28.1 Å². The first-order valence-corrected chi connectivity index (χ1v) is 13.7. The average Bonchev–Trinajstić information content (AvgIpc) is 3.69. The van der Waals surface area contributed by atoms with Gasteiger partial charge in [-0.2, -0.15) is 4.98 Å². The number of anilines is 1. The van der Waals surface area contributed by atoms with Crippen molar-refractivity contribution in [3.05, 3.63) is 39.7 Å². The van der Waals surface area contributed by atoms with E-state index in [1.807, 2.05) is 0 Å². The van der Waals surface area contributed by atoms with Gasteiger partial charge in [0.1, 0.15) is 24.5 Å². The maximum Gasteiger partial charge on any atom is 0.472 e. The molecule has 0 saturated carbocycles. The zero-order valence-corrected chi connectivity index (χ0v) is 21.6. The van der Waals surface area contributed by atoms with Gasteiger partial charge < -0.3 is 39.7 Å². The Morgan fingerprint density at radius 3 is 2.63 bits per heavy atom. The van der Waals surface area contributed by atoms with Crippen LogP contribution in [0.3, 0.4) is 0 Å². The summed E-state index contributed by atoms with van der Waals surface area (Å²) in [4.78, 5) is 55.9. The standard InChI is InChI=1S/C20H22N9O11P/c21-20-26-15-11(17(32)27-20)25-5-29(15)18-13-12(30)19(39-18)36-6-35-7-1-9(38-8(7)2-37-41(33,34)40-13)28-4-24-10-14(28)22-3-23-16(10)31/h3-5,7-9,12-13,18-19,30H,1-2,6H2,(H,33,34)(H,22,23,31)(H3,21,26,27,32)/t7-,8?,9-,12?,13?,18?,19?/m1/s1. The van der Waals surface area contributed by atoms with Gasteiger partial charge >= 0.3 is 7.82 Å². The molecule has 0 radical (unpaired) electrons. The third-order valence-corrected chi connectivity index (χ3v) is 7.91. The predicted octanol–water partition coefficient (Wildman–Crippen LogP) is -1.79. The molecule has 21 heteroatoms. The molecule has 2 bridgehead atoms. The number of nitrogens with one attached hydrogen (secondary N) is 2. The van der Waals surface area contributed by atoms with Crippen LogP contribution >= 0.6 is 7.82 Å². The van der Waals surface area contributed by atoms with E-state index in [1.54, 1.807) is 0 Å². The second-order valence-electron chi connectivity index (χ2n) is 9.41. The molecule has 20 nitrogen and oxygen atoms in total. The molecule has 218 valence electrons. The third kappa shape index (κ3) is 4.54. The first-order valence-electron chi connectivity index (χ1n) is 12.2. The zero-order valence-electron chi connectivity index (χ0n) is 20.7. The molecule has 41 heavy (non-hydrogen) atoms. The number of aliphatic hydroxyl groups excluding tert-OH is 1. The van der Waals surface area contributed by atoms with Crippen LogP contribution < -0.4 is 16.9 Å². The second-order valence-corrected chi connectivity index (χ2v) is 10.8. The molecule has 0 amide bonds. The first kappa shape index (κ1) is 26.3. The summed E-state index contributed by atoms with van der Waals surface area (Å²) in [6, 6.07) is 0. The van der Waals surface area contributed by atoms with E-state index >= 15 is 0 Å². The number of H-pyrrole nitrogens is 2. The number of hydrogen-bond donors (Lipinski definition) is 5. The molecule has 6 unspecified atom stereocenters. The van der Waals surface area contributed by atoms with E-state index in [0.29, 0.717) is 0 Å². The van der Waals surface area contributed by atoms with Crippen LogP contribution in [0.5, 0.6) is 0 Å². The van der Waals surface area contributed by atoms with Crippen LogP contribution in [0.4, 0.5) is 5.95 Å². The van der Waals surface area contributed by atoms with Crippen molar-refractivity contribution < 1.29 is 42.6 Å². The number of ether oxygens (including phenoxy) is 4. The molecule has 3 aliphatic rings. The molecular weight excluding hydrogens is 573 g/mol. The van der Waals surface area contributed by atoms with Crippen LogP contribution in [0.15, 0.2) is 28.6 Å². The van der Waals surface area contributed by atoms with Gasteiger partial charge in [0.25, 0.3) is 11.1 Å². The molecule has 0 aromatic carbocycles. The molecule has 0 spiro atoms. The molecule has 4 aromatic rings. The number of nitrogen functional groups attached to an aromatic ring is 1. The summed E-state index contributed by atoms with van der Waals surface area (Å²) in [5, 5.41) is 10.9. The van der Waals surface area contributed by atoms with Gasteiger partial charge in [0.15, 0.2) is 41.6 Å². The largest absolute Gasteiger partial charge is 0.472 e. The van der Waals surface area contributed by atoms with Crippen molar-refractivity contribution in [2.24, 2.45) is 0 Å². The molecule has 6 N–H and O–H groups in total. The number of hydrogen-bond acceptors (Lipinski definition) is 15. The number of aliphatic hydroxyl groups is 1. The topological polar surface area (TPSA) is 266 Å². The zero-order chi connectivity index (χ0) is 28.5. The Morgan fingerprint density at radius 1 is 1.02 bits per heavy atom. The van der Waals surface area contributed by atoms with Crippen LogP contribution in [-0.2, 0) is 32.6 Å². The summed E-state index contributed by atoms with van der Waals surface area (Å²) < 4.78 is 49.7. The molecular formula is C20H22N9O11P. The number of aromatic nitrogens is 8. The Balaban J connectivity index is 1.15. The number of nitrogens with two attached hydrogens (primary N) is 1. The fourth-order valence-electron chi connectivity index (χ4n) is 5.04. The summed E-state index contributed by atoms with van der Waals surface area (Å²) in [5.74, 6) is -0.209. The lowest BCUT2D eigenvalue weighted by atomic mass is 10.2. The van der Waals surface area contributed by atoms with Crippen molar-refractivity contribution in [1.29, 1.82) is 0 Å². The number of aromatic amines is 2. The second kappa shape index (κ2) is 9.76. The quantitative estimate of drug-likeness (QED) is 0.160. The minimum Gasteiger partial charge on any atom is -0.385 e. The summed E-state index contributed by atoms with van der Waals surface area (Å²) in [6.45, 7) is -0.831. The van der Waals surface area contributed by atoms with Gasteiger partial charge in [0, 0.05) is 6.42 Å². The van der Waals surface area contributed by atoms with Gasteiger partial charge in [-0.3, -0.25) is 32.8 Å². The highest BCUT2D eigenvalue weighted by Crippen LogP contribution is 2.50. The lowest BCUT2D eigenvalue weighted by Gasteiger charge is -2.26. The Kier molecular flexibility index (Phi) is 6.26. The number of fused-ring (bicyclic) bond motifs is 5. The highest BCUT2D eigenvalue weighted by molar-refractivity contribution is 7.47. The van der Waals surface area contributed by atoms with Crippen molar-refractivity contribution in [3.8, 4) is 0 Å². The van der Waals surface area contributed by atoms with Crippen molar-refractivity contribution in [3.63, 3.8) is 0 Å². The molecule has 8 atom stereocenters. The van der Waals surface area contributed by atoms with Gasteiger partial charge in [-0.05, 0) is 0 Å². The van der Waals surface area contributed by atoms with Crippen molar-refractivity contribution in [2.45, 2.75) is 49.6 Å². The molecule has 3 fully saturated rings. The average molecular weight is 595 g/mol. The summed E-state index contributed by atoms with van der Waals surface area (Å²) in [5.41, 5.74) is 4.89. The van der Waals surface area contributed by atoms with Crippen molar-refractivity contribution >= 4 is 36.1 Å². The molecule has 3 saturated heterocycles. The van der Waals surface area contributed by atoms with E-state index in [9.17, 15) is 24.2 Å². The number of phosphoric ester groups is 1. The van der Waals surface area contributed by atoms with Gasteiger partial charge in [0.2, 0.25) is 5.95 Å². The maximum atomic E-state index is 13.0. The maximum absolute atomic E-state index is 13.0. The first-order chi connectivity index (χ1) is 19.7. The predicted molar refractivity (Wildman–Crippen MR) is 131 cm³/mol. The Labute approximate surface area is 226 Å². The number of nitrogens with zero attached hydrogens (tertiary/aromatic N) is 6. The van der Waals surface area contributed by atoms with Gasteiger partial charge in [0.05, 0.1) is 31.7 Å². The van der Waals surface area contributed by atoms with Crippen LogP contribution in [-0.4, -0.2) is 93.1 Å². The van der Waals surface area contributed by atoms with E-state index in [-0.39, 0.29) is 41.5 Å². The highest BCUT2D eigenvalue weighted by Gasteiger charge is 2.51. The lowest BCUT2D eigenvalue weighted by molar-refractivity contribution is -0.230. The smallest absolute Gasteiger partial charge is 0.385 e. The van der Waals surface area contributed by atoms with E-state index in [2.05, 4.69) is 29.9 Å². The molecule has 7 rings (SSSR count). The lowest BCUT2D eigenvalue weighted by Crippen LogP contribution is -2.37. The van der Waals surface area contributed by atoms with E-state index in [0.717, 1.165) is 0 Å². The number of rotatable bonds is 2. The SMILES string of the molecule is Nc1nc2c(ncn2C2OC3OCO[C@@H]4C[C@H](n5cnc6c(=O)[nH]cnc65)OC4COP(=O)(O)OC2C3O)c(=O)[nH]1. The summed E-state index contributed by atoms with van der Waals surface area (Å²) >= 11 is 0. The van der Waals surface area contributed by atoms with Crippen molar-refractivity contribution in [1.82, 2.24) is 39.0 Å². The van der Waals surface area contributed by atoms with Gasteiger partial charge in [-0.25, -0.2) is 19.5 Å². The van der Waals surface area contributed by atoms with Gasteiger partial charge in [-0.15, -0.1) is 0 Å². The normalized spacial score (nSPS) is 34.4. The Bertz CT molecular complexity index is 1790. The Hall–Kier alpha value is -3.59. The van der Waals surface area contributed by atoms with Crippen LogP contribution in [0.2, 0.25) is 0 Å². The fourth-order valence-corrected chi connectivity index (χ4v) is 5.97. The third-order valence-electron chi connectivity index (χ3n) is 6.92. The minimum atomic E-state index is -4.87. The summed E-state index contributed by atoms with van der Waals surface area (Å²) in [7, 11) is -4.87. The van der Waals surface area contributed by atoms with E-state index in [4.69, 9.17) is 33.7 Å². The number of phosphoric acid groups is 1. The van der Waals surface area contributed by atoms with Crippen LogP contribution in [0, 0.1) is 0 Å². The monoisotopic (exact) mass is 595 g/mol. The van der Waals surface area contributed by atoms with Crippen molar-refractivity contribution in [2.75, 3.05) is 19.1 Å². The minimum absolute atomic E-state index is 0.0237. The molecule has 3 aliphatic heterocycles. The highest BCUT2D eigenvalue weighted by atomic mass is 31.2. The summed E-state index contributed by atoms with van der Waals surface area (Å²) in [6.07, 6.45) is -4.16. The van der Waals surface area contributed by atoms with Crippen LogP contribution in [0.25, 0.3) is 22.3 Å². The van der Waals surface area contributed by atoms with Gasteiger partial charge in [-0.1, -0.05) is 0 Å². The van der Waals surface area contributed by atoms with Crippen LogP contribution in [0.1, 0.15) is 18.9 Å². The Morgan fingerprint density at radius 2 is 1.80 bits per heavy atom.